The number of hydrogen-bond donors (Lipinski definition) is 0. The largest absolute Gasteiger partial charge is 0.481 e. The normalized spacial score (nSPS) is 25.4. The SMILES string of the molecule is COc1nc2c(C)nnn2c2c1C1CCC2CC1. The van der Waals surface area contributed by atoms with E-state index in [-0.39, 0.29) is 0 Å². The van der Waals surface area contributed by atoms with Gasteiger partial charge in [-0.05, 0) is 38.5 Å². The third-order valence-corrected chi connectivity index (χ3v) is 4.47. The second kappa shape index (κ2) is 3.43. The van der Waals surface area contributed by atoms with E-state index in [1.807, 2.05) is 11.4 Å². The molecule has 1 saturated carbocycles. The van der Waals surface area contributed by atoms with Crippen LogP contribution in [0.1, 0.15) is 54.5 Å². The van der Waals surface area contributed by atoms with Gasteiger partial charge in [-0.1, -0.05) is 5.21 Å². The summed E-state index contributed by atoms with van der Waals surface area (Å²) in [7, 11) is 1.71. The summed E-state index contributed by atoms with van der Waals surface area (Å²) in [5, 5.41) is 8.43. The van der Waals surface area contributed by atoms with Crippen LogP contribution in [-0.2, 0) is 0 Å². The number of aryl methyl sites for hydroxylation is 1. The van der Waals surface area contributed by atoms with Crippen molar-refractivity contribution in [3.8, 4) is 5.88 Å². The predicted molar refractivity (Wildman–Crippen MR) is 66.0 cm³/mol. The van der Waals surface area contributed by atoms with Gasteiger partial charge in [0.15, 0.2) is 5.65 Å². The van der Waals surface area contributed by atoms with Gasteiger partial charge in [0.25, 0.3) is 0 Å². The summed E-state index contributed by atoms with van der Waals surface area (Å²) in [5.41, 5.74) is 4.31. The maximum absolute atomic E-state index is 5.52. The molecule has 0 radical (unpaired) electrons. The van der Waals surface area contributed by atoms with E-state index in [9.17, 15) is 0 Å². The summed E-state index contributed by atoms with van der Waals surface area (Å²) in [6, 6.07) is 0. The zero-order valence-corrected chi connectivity index (χ0v) is 10.7. The van der Waals surface area contributed by atoms with Crippen LogP contribution >= 0.6 is 0 Å². The zero-order chi connectivity index (χ0) is 12.3. The van der Waals surface area contributed by atoms with Gasteiger partial charge in [0.05, 0.1) is 12.8 Å². The number of aromatic nitrogens is 4. The molecule has 0 N–H and O–H groups in total. The Morgan fingerprint density at radius 3 is 2.61 bits per heavy atom. The van der Waals surface area contributed by atoms with E-state index in [0.717, 1.165) is 17.2 Å². The number of hydrogen-bond acceptors (Lipinski definition) is 4. The molecule has 0 aliphatic heterocycles. The second-order valence-electron chi connectivity index (χ2n) is 5.38. The first kappa shape index (κ1) is 10.3. The van der Waals surface area contributed by atoms with Crippen LogP contribution in [0.3, 0.4) is 0 Å². The Morgan fingerprint density at radius 1 is 1.17 bits per heavy atom. The van der Waals surface area contributed by atoms with Crippen molar-refractivity contribution in [2.75, 3.05) is 7.11 Å². The van der Waals surface area contributed by atoms with E-state index >= 15 is 0 Å². The number of fused-ring (bicyclic) bond motifs is 3. The fourth-order valence-electron chi connectivity index (χ4n) is 3.61. The van der Waals surface area contributed by atoms with Crippen LogP contribution < -0.4 is 4.74 Å². The highest BCUT2D eigenvalue weighted by atomic mass is 16.5. The first-order valence-corrected chi connectivity index (χ1v) is 6.59. The standard InChI is InChI=1S/C13H16N4O/c1-7-12-14-13(18-2)10-8-3-5-9(6-4-8)11(10)17(12)16-15-7/h8-9H,3-6H2,1-2H3. The highest BCUT2D eigenvalue weighted by molar-refractivity contribution is 5.52. The van der Waals surface area contributed by atoms with Gasteiger partial charge in [-0.2, -0.15) is 9.50 Å². The predicted octanol–water partition coefficient (Wildman–Crippen LogP) is 2.20. The van der Waals surface area contributed by atoms with Crippen LogP contribution in [0.25, 0.3) is 5.65 Å². The van der Waals surface area contributed by atoms with Crippen LogP contribution in [0, 0.1) is 6.92 Å². The van der Waals surface area contributed by atoms with Crippen molar-refractivity contribution < 1.29 is 4.74 Å². The number of methoxy groups -OCH3 is 1. The van der Waals surface area contributed by atoms with Crippen LogP contribution in [0.4, 0.5) is 0 Å². The van der Waals surface area contributed by atoms with E-state index < -0.39 is 0 Å². The molecule has 5 nitrogen and oxygen atoms in total. The molecule has 3 aliphatic carbocycles. The molecule has 0 aromatic carbocycles. The van der Waals surface area contributed by atoms with Gasteiger partial charge in [0.2, 0.25) is 5.88 Å². The molecular formula is C13H16N4O. The average Bonchev–Trinajstić information content (AvgIpc) is 2.81. The Labute approximate surface area is 105 Å². The molecule has 0 atom stereocenters. The molecule has 94 valence electrons. The van der Waals surface area contributed by atoms with Crippen molar-refractivity contribution in [1.82, 2.24) is 19.8 Å². The fraction of sp³-hybridized carbons (Fsp3) is 0.615. The topological polar surface area (TPSA) is 52.3 Å². The second-order valence-corrected chi connectivity index (χ2v) is 5.38. The van der Waals surface area contributed by atoms with Gasteiger partial charge in [0, 0.05) is 11.5 Å². The van der Waals surface area contributed by atoms with E-state index in [4.69, 9.17) is 4.74 Å². The number of rotatable bonds is 1. The van der Waals surface area contributed by atoms with Crippen molar-refractivity contribution >= 4 is 5.65 Å². The Bertz CT molecular complexity index is 625. The lowest BCUT2D eigenvalue weighted by atomic mass is 9.69. The van der Waals surface area contributed by atoms with E-state index in [0.29, 0.717) is 11.8 Å². The van der Waals surface area contributed by atoms with Gasteiger partial charge in [-0.3, -0.25) is 0 Å². The minimum Gasteiger partial charge on any atom is -0.481 e. The third kappa shape index (κ3) is 1.14. The molecule has 0 spiro atoms. The van der Waals surface area contributed by atoms with Crippen LogP contribution in [0.15, 0.2) is 0 Å². The molecule has 0 amide bonds. The van der Waals surface area contributed by atoms with Crippen molar-refractivity contribution in [3.05, 3.63) is 17.0 Å². The van der Waals surface area contributed by atoms with E-state index in [2.05, 4.69) is 15.3 Å². The molecule has 2 bridgehead atoms. The van der Waals surface area contributed by atoms with Crippen molar-refractivity contribution in [3.63, 3.8) is 0 Å². The van der Waals surface area contributed by atoms with E-state index in [1.54, 1.807) is 7.11 Å². The van der Waals surface area contributed by atoms with Gasteiger partial charge < -0.3 is 4.74 Å². The quantitative estimate of drug-likeness (QED) is 0.771. The summed E-state index contributed by atoms with van der Waals surface area (Å²) in [4.78, 5) is 4.60. The third-order valence-electron chi connectivity index (χ3n) is 4.47. The van der Waals surface area contributed by atoms with Crippen LogP contribution in [0.2, 0.25) is 0 Å². The zero-order valence-electron chi connectivity index (χ0n) is 10.7. The Kier molecular flexibility index (Phi) is 1.96. The van der Waals surface area contributed by atoms with Crippen molar-refractivity contribution in [1.29, 1.82) is 0 Å². The molecular weight excluding hydrogens is 228 g/mol. The molecule has 2 aromatic heterocycles. The van der Waals surface area contributed by atoms with Gasteiger partial charge in [-0.25, -0.2) is 0 Å². The first-order chi connectivity index (χ1) is 8.79. The minimum absolute atomic E-state index is 0.598. The first-order valence-electron chi connectivity index (χ1n) is 6.59. The summed E-state index contributed by atoms with van der Waals surface area (Å²) < 4.78 is 7.47. The molecule has 5 rings (SSSR count). The molecule has 3 aliphatic rings. The molecule has 2 heterocycles. The molecule has 5 heteroatoms. The molecule has 2 aromatic rings. The Balaban J connectivity index is 2.12. The summed E-state index contributed by atoms with van der Waals surface area (Å²) in [6.45, 7) is 1.95. The monoisotopic (exact) mass is 244 g/mol. The van der Waals surface area contributed by atoms with Crippen LogP contribution in [-0.4, -0.2) is 26.9 Å². The summed E-state index contributed by atoms with van der Waals surface area (Å²) >= 11 is 0. The highest BCUT2D eigenvalue weighted by Gasteiger charge is 2.38. The van der Waals surface area contributed by atoms with Gasteiger partial charge in [0.1, 0.15) is 5.69 Å². The highest BCUT2D eigenvalue weighted by Crippen LogP contribution is 2.51. The smallest absolute Gasteiger partial charge is 0.220 e. The molecule has 18 heavy (non-hydrogen) atoms. The number of ether oxygens (including phenoxy) is 1. The number of nitrogens with zero attached hydrogens (tertiary/aromatic N) is 4. The van der Waals surface area contributed by atoms with Crippen molar-refractivity contribution in [2.24, 2.45) is 0 Å². The minimum atomic E-state index is 0.598. The van der Waals surface area contributed by atoms with Gasteiger partial charge in [-0.15, -0.1) is 5.10 Å². The Hall–Kier alpha value is -1.65. The molecule has 0 saturated heterocycles. The summed E-state index contributed by atoms with van der Waals surface area (Å²) in [6.07, 6.45) is 5.04. The van der Waals surface area contributed by atoms with Crippen molar-refractivity contribution in [2.45, 2.75) is 44.4 Å². The molecule has 1 fully saturated rings. The van der Waals surface area contributed by atoms with Gasteiger partial charge >= 0.3 is 0 Å². The maximum atomic E-state index is 5.52. The van der Waals surface area contributed by atoms with Crippen LogP contribution in [0.5, 0.6) is 5.88 Å². The summed E-state index contributed by atoms with van der Waals surface area (Å²) in [5.74, 6) is 1.99. The lowest BCUT2D eigenvalue weighted by molar-refractivity contribution is 0.317. The maximum Gasteiger partial charge on any atom is 0.220 e. The van der Waals surface area contributed by atoms with E-state index in [1.165, 1.54) is 36.9 Å². The lowest BCUT2D eigenvalue weighted by Crippen LogP contribution is -2.26. The molecule has 0 unspecified atom stereocenters. The lowest BCUT2D eigenvalue weighted by Gasteiger charge is -2.38. The fourth-order valence-corrected chi connectivity index (χ4v) is 3.61. The Morgan fingerprint density at radius 2 is 1.89 bits per heavy atom. The average molecular weight is 244 g/mol.